The van der Waals surface area contributed by atoms with Gasteiger partial charge >= 0.3 is 5.69 Å². The van der Waals surface area contributed by atoms with Crippen LogP contribution in [0.1, 0.15) is 10.5 Å². The highest BCUT2D eigenvalue weighted by molar-refractivity contribution is 6.30. The van der Waals surface area contributed by atoms with Gasteiger partial charge in [0.05, 0.1) is 5.02 Å². The third-order valence-corrected chi connectivity index (χ3v) is 3.35. The van der Waals surface area contributed by atoms with Crippen molar-refractivity contribution in [3.8, 4) is 5.82 Å². The summed E-state index contributed by atoms with van der Waals surface area (Å²) in [5.74, 6) is -0.857. The molecule has 0 aliphatic rings. The smallest absolute Gasteiger partial charge is 0.288 e. The second-order valence-corrected chi connectivity index (χ2v) is 5.25. The molecule has 12 nitrogen and oxygen atoms in total. The van der Waals surface area contributed by atoms with Crippen LogP contribution in [-0.2, 0) is 14.1 Å². The molecule has 25 heavy (non-hydrogen) atoms. The van der Waals surface area contributed by atoms with Gasteiger partial charge in [-0.25, -0.2) is 23.7 Å². The molecule has 1 amide bonds. The quantitative estimate of drug-likeness (QED) is 0.608. The monoisotopic (exact) mass is 363 g/mol. The Bertz CT molecular complexity index is 1070. The number of halogens is 1. The molecule has 0 unspecified atom stereocenters. The van der Waals surface area contributed by atoms with E-state index in [2.05, 4.69) is 30.9 Å². The zero-order valence-electron chi connectivity index (χ0n) is 12.9. The van der Waals surface area contributed by atoms with Crippen molar-refractivity contribution >= 4 is 23.5 Å². The third kappa shape index (κ3) is 3.01. The van der Waals surface area contributed by atoms with Gasteiger partial charge in [0.15, 0.2) is 0 Å². The molecule has 0 spiro atoms. The lowest BCUT2D eigenvalue weighted by molar-refractivity contribution is 0.101. The fourth-order valence-electron chi connectivity index (χ4n) is 1.91. The summed E-state index contributed by atoms with van der Waals surface area (Å²) in [4.78, 5) is 41.1. The van der Waals surface area contributed by atoms with Crippen LogP contribution in [0.5, 0.6) is 0 Å². The molecule has 3 aromatic heterocycles. The summed E-state index contributed by atoms with van der Waals surface area (Å²) in [6.45, 7) is 0. The van der Waals surface area contributed by atoms with Gasteiger partial charge in [-0.05, 0) is 22.6 Å². The molecule has 13 heteroatoms. The van der Waals surface area contributed by atoms with Crippen LogP contribution >= 0.6 is 11.6 Å². The summed E-state index contributed by atoms with van der Waals surface area (Å²) < 4.78 is 2.76. The van der Waals surface area contributed by atoms with Crippen molar-refractivity contribution in [2.45, 2.75) is 0 Å². The van der Waals surface area contributed by atoms with Gasteiger partial charge in [-0.15, -0.1) is 0 Å². The van der Waals surface area contributed by atoms with E-state index in [1.807, 2.05) is 0 Å². The molecule has 3 heterocycles. The summed E-state index contributed by atoms with van der Waals surface area (Å²) in [5.41, 5.74) is -2.23. The van der Waals surface area contributed by atoms with Crippen molar-refractivity contribution in [3.05, 3.63) is 49.9 Å². The van der Waals surface area contributed by atoms with E-state index in [-0.39, 0.29) is 11.8 Å². The van der Waals surface area contributed by atoms with E-state index in [1.165, 1.54) is 37.1 Å². The normalized spacial score (nSPS) is 10.7. The average Bonchev–Trinajstić information content (AvgIpc) is 2.97. The summed E-state index contributed by atoms with van der Waals surface area (Å²) >= 11 is 5.76. The molecule has 0 aromatic carbocycles. The number of aryl methyl sites for hydroxylation is 2. The van der Waals surface area contributed by atoms with Gasteiger partial charge < -0.3 is 0 Å². The molecule has 0 bridgehead atoms. The van der Waals surface area contributed by atoms with E-state index in [4.69, 9.17) is 11.6 Å². The molecule has 128 valence electrons. The predicted molar refractivity (Wildman–Crippen MR) is 84.6 cm³/mol. The maximum Gasteiger partial charge on any atom is 0.353 e. The van der Waals surface area contributed by atoms with Crippen molar-refractivity contribution < 1.29 is 4.79 Å². The van der Waals surface area contributed by atoms with Gasteiger partial charge in [0.25, 0.3) is 11.5 Å². The Morgan fingerprint density at radius 3 is 2.56 bits per heavy atom. The molecule has 0 aliphatic heterocycles. The Balaban J connectivity index is 2.11. The number of carbonyl (C=O) groups excluding carboxylic acids is 1. The summed E-state index contributed by atoms with van der Waals surface area (Å²) in [7, 11) is 2.80. The first-order valence-corrected chi connectivity index (χ1v) is 7.12. The Morgan fingerprint density at radius 1 is 1.20 bits per heavy atom. The number of anilines is 1. The first-order chi connectivity index (χ1) is 11.9. The van der Waals surface area contributed by atoms with E-state index in [1.54, 1.807) is 0 Å². The summed E-state index contributed by atoms with van der Waals surface area (Å²) in [6, 6.07) is 2.83. The van der Waals surface area contributed by atoms with Crippen LogP contribution in [0, 0.1) is 0 Å². The molecular weight excluding hydrogens is 354 g/mol. The number of amides is 1. The van der Waals surface area contributed by atoms with Crippen LogP contribution in [-0.4, -0.2) is 45.4 Å². The number of pyridine rings is 1. The van der Waals surface area contributed by atoms with Gasteiger partial charge in [0.2, 0.25) is 11.6 Å². The van der Waals surface area contributed by atoms with Gasteiger partial charge in [0.1, 0.15) is 5.82 Å². The molecular formula is C12H10ClN9O3. The Kier molecular flexibility index (Phi) is 4.10. The van der Waals surface area contributed by atoms with Gasteiger partial charge in [0, 0.05) is 20.3 Å². The lowest BCUT2D eigenvalue weighted by atomic mass is 10.4. The first-order valence-electron chi connectivity index (χ1n) is 6.74. The Labute approximate surface area is 143 Å². The van der Waals surface area contributed by atoms with Crippen molar-refractivity contribution in [1.29, 1.82) is 0 Å². The largest absolute Gasteiger partial charge is 0.353 e. The SMILES string of the molecule is Cn1nnnc1NC(=O)c1nn(C)c(=O)n(-c2ccc(Cl)cn2)c1=O. The predicted octanol–water partition coefficient (Wildman–Crippen LogP) is -1.24. The number of nitrogens with zero attached hydrogens (tertiary/aromatic N) is 8. The van der Waals surface area contributed by atoms with Gasteiger partial charge in [-0.2, -0.15) is 5.10 Å². The Morgan fingerprint density at radius 2 is 1.96 bits per heavy atom. The molecule has 0 radical (unpaired) electrons. The Hall–Kier alpha value is -3.41. The minimum Gasteiger partial charge on any atom is -0.288 e. The zero-order chi connectivity index (χ0) is 18.1. The average molecular weight is 364 g/mol. The van der Waals surface area contributed by atoms with Crippen LogP contribution < -0.4 is 16.6 Å². The second-order valence-electron chi connectivity index (χ2n) is 4.81. The minimum absolute atomic E-state index is 0.00627. The lowest BCUT2D eigenvalue weighted by Crippen LogP contribution is -2.44. The lowest BCUT2D eigenvalue weighted by Gasteiger charge is -2.08. The number of hydrogen-bond donors (Lipinski definition) is 1. The highest BCUT2D eigenvalue weighted by Crippen LogP contribution is 2.07. The van der Waals surface area contributed by atoms with Crippen LogP contribution in [0.4, 0.5) is 5.95 Å². The van der Waals surface area contributed by atoms with E-state index >= 15 is 0 Å². The van der Waals surface area contributed by atoms with Crippen molar-refractivity contribution in [3.63, 3.8) is 0 Å². The van der Waals surface area contributed by atoms with Crippen LogP contribution in [0.15, 0.2) is 27.9 Å². The topological polar surface area (TPSA) is 142 Å². The van der Waals surface area contributed by atoms with E-state index < -0.39 is 22.9 Å². The van der Waals surface area contributed by atoms with Crippen LogP contribution in [0.25, 0.3) is 5.82 Å². The zero-order valence-corrected chi connectivity index (χ0v) is 13.7. The van der Waals surface area contributed by atoms with E-state index in [9.17, 15) is 14.4 Å². The second kappa shape index (κ2) is 6.24. The minimum atomic E-state index is -0.939. The van der Waals surface area contributed by atoms with Gasteiger partial charge in [-0.3, -0.25) is 14.9 Å². The van der Waals surface area contributed by atoms with Crippen LogP contribution in [0.3, 0.4) is 0 Å². The number of rotatable bonds is 3. The van der Waals surface area contributed by atoms with E-state index in [0.717, 1.165) is 4.68 Å². The van der Waals surface area contributed by atoms with Crippen molar-refractivity contribution in [1.82, 2.24) is 39.5 Å². The molecule has 1 N–H and O–H groups in total. The molecule has 0 aliphatic carbocycles. The van der Waals surface area contributed by atoms with Crippen molar-refractivity contribution in [2.24, 2.45) is 14.1 Å². The summed E-state index contributed by atoms with van der Waals surface area (Å²) in [6.07, 6.45) is 1.27. The number of tetrazole rings is 1. The molecule has 3 aromatic rings. The van der Waals surface area contributed by atoms with Crippen LogP contribution in [0.2, 0.25) is 5.02 Å². The number of hydrogen-bond acceptors (Lipinski definition) is 8. The summed E-state index contributed by atoms with van der Waals surface area (Å²) in [5, 5.41) is 16.9. The third-order valence-electron chi connectivity index (χ3n) is 3.13. The maximum atomic E-state index is 12.6. The fraction of sp³-hybridized carbons (Fsp3) is 0.167. The highest BCUT2D eigenvalue weighted by atomic mass is 35.5. The maximum absolute atomic E-state index is 12.6. The van der Waals surface area contributed by atoms with Crippen molar-refractivity contribution in [2.75, 3.05) is 5.32 Å². The van der Waals surface area contributed by atoms with Gasteiger partial charge in [-0.1, -0.05) is 16.7 Å². The number of nitrogens with one attached hydrogen (secondary N) is 1. The number of aromatic nitrogens is 8. The molecule has 0 saturated heterocycles. The standard InChI is InChI=1S/C12H10ClN9O3/c1-20-11(16-18-19-20)15-9(23)8-10(24)22(12(25)21(2)17-8)7-4-3-6(13)5-14-7/h3-5H,1-2H3,(H,15,16,19,23). The van der Waals surface area contributed by atoms with E-state index in [0.29, 0.717) is 9.59 Å². The fourth-order valence-corrected chi connectivity index (χ4v) is 2.03. The highest BCUT2D eigenvalue weighted by Gasteiger charge is 2.21. The first kappa shape index (κ1) is 16.4. The number of carbonyl (C=O) groups is 1. The molecule has 0 atom stereocenters. The molecule has 0 saturated carbocycles. The molecule has 0 fully saturated rings. The molecule has 3 rings (SSSR count).